The highest BCUT2D eigenvalue weighted by atomic mass is 32.2. The molecule has 0 aliphatic carbocycles. The molecular weight excluding hydrogens is 264 g/mol. The Morgan fingerprint density at radius 2 is 1.74 bits per heavy atom. The molecule has 0 aliphatic rings. The van der Waals surface area contributed by atoms with Crippen LogP contribution in [0, 0.1) is 19.8 Å². The monoisotopic (exact) mass is 284 g/mol. The van der Waals surface area contributed by atoms with E-state index in [1.807, 2.05) is 13.8 Å². The van der Waals surface area contributed by atoms with Crippen LogP contribution in [-0.4, -0.2) is 14.3 Å². The average Bonchev–Trinajstić information content (AvgIpc) is 2.20. The van der Waals surface area contributed by atoms with Crippen molar-refractivity contribution in [1.82, 2.24) is 0 Å². The van der Waals surface area contributed by atoms with Crippen LogP contribution in [0.4, 0.5) is 5.69 Å². The molecule has 0 aliphatic heterocycles. The fourth-order valence-corrected chi connectivity index (χ4v) is 2.53. The average molecular weight is 284 g/mol. The molecule has 0 radical (unpaired) electrons. The first-order valence-electron chi connectivity index (χ1n) is 6.05. The van der Waals surface area contributed by atoms with Crippen molar-refractivity contribution in [2.45, 2.75) is 39.0 Å². The molecule has 0 unspecified atom stereocenters. The number of sulfonamides is 1. The van der Waals surface area contributed by atoms with Crippen molar-refractivity contribution in [3.05, 3.63) is 23.3 Å². The number of anilines is 1. The zero-order chi connectivity index (χ0) is 14.8. The van der Waals surface area contributed by atoms with Gasteiger partial charge in [-0.25, -0.2) is 13.6 Å². The zero-order valence-electron chi connectivity index (χ0n) is 11.6. The fourth-order valence-electron chi connectivity index (χ4n) is 1.85. The van der Waals surface area contributed by atoms with Crippen molar-refractivity contribution in [3.63, 3.8) is 0 Å². The summed E-state index contributed by atoms with van der Waals surface area (Å²) in [6.45, 7) is 7.41. The Labute approximate surface area is 114 Å². The number of carbonyl (C=O) groups excluding carboxylic acids is 1. The van der Waals surface area contributed by atoms with Gasteiger partial charge in [0.05, 0.1) is 4.90 Å². The van der Waals surface area contributed by atoms with Crippen LogP contribution in [0.1, 0.15) is 31.4 Å². The minimum absolute atomic E-state index is 0.0596. The van der Waals surface area contributed by atoms with Crippen LogP contribution in [-0.2, 0) is 14.8 Å². The van der Waals surface area contributed by atoms with Crippen LogP contribution >= 0.6 is 0 Å². The maximum Gasteiger partial charge on any atom is 0.238 e. The summed E-state index contributed by atoms with van der Waals surface area (Å²) in [5, 5.41) is 7.91. The van der Waals surface area contributed by atoms with Crippen molar-refractivity contribution < 1.29 is 13.2 Å². The normalized spacial score (nSPS) is 11.7. The lowest BCUT2D eigenvalue weighted by molar-refractivity contribution is -0.116. The third kappa shape index (κ3) is 4.33. The number of primary sulfonamides is 1. The highest BCUT2D eigenvalue weighted by Crippen LogP contribution is 2.24. The van der Waals surface area contributed by atoms with Crippen molar-refractivity contribution in [2.75, 3.05) is 5.32 Å². The Morgan fingerprint density at radius 1 is 1.26 bits per heavy atom. The molecule has 0 aromatic heterocycles. The molecule has 0 heterocycles. The summed E-state index contributed by atoms with van der Waals surface area (Å²) < 4.78 is 22.6. The maximum absolute atomic E-state index is 11.8. The summed E-state index contributed by atoms with van der Waals surface area (Å²) in [6, 6.07) is 2.93. The van der Waals surface area contributed by atoms with Gasteiger partial charge in [0.15, 0.2) is 0 Å². The summed E-state index contributed by atoms with van der Waals surface area (Å²) in [5.41, 5.74) is 2.01. The van der Waals surface area contributed by atoms with Crippen LogP contribution in [0.2, 0.25) is 0 Å². The quantitative estimate of drug-likeness (QED) is 0.885. The van der Waals surface area contributed by atoms with E-state index in [0.29, 0.717) is 23.2 Å². The number of hydrogen-bond acceptors (Lipinski definition) is 3. The molecule has 0 fully saturated rings. The van der Waals surface area contributed by atoms with Gasteiger partial charge in [-0.05, 0) is 43.0 Å². The summed E-state index contributed by atoms with van der Waals surface area (Å²) in [6.07, 6.45) is 0.426. The van der Waals surface area contributed by atoms with Crippen LogP contribution in [0.3, 0.4) is 0 Å². The third-order valence-electron chi connectivity index (χ3n) is 2.69. The number of hydrogen-bond donors (Lipinski definition) is 2. The third-order valence-corrected chi connectivity index (χ3v) is 3.59. The Morgan fingerprint density at radius 3 is 2.11 bits per heavy atom. The molecule has 5 nitrogen and oxygen atoms in total. The SMILES string of the molecule is Cc1cc(S(N)(=O)=O)cc(C)c1NC(=O)CC(C)C. The van der Waals surface area contributed by atoms with Crippen molar-refractivity contribution in [3.8, 4) is 0 Å². The molecule has 106 valence electrons. The van der Waals surface area contributed by atoms with E-state index < -0.39 is 10.0 Å². The first-order chi connectivity index (χ1) is 8.61. The van der Waals surface area contributed by atoms with Crippen LogP contribution in [0.25, 0.3) is 0 Å². The predicted molar refractivity (Wildman–Crippen MR) is 75.4 cm³/mol. The smallest absolute Gasteiger partial charge is 0.238 e. The second kappa shape index (κ2) is 5.71. The zero-order valence-corrected chi connectivity index (χ0v) is 12.5. The van der Waals surface area contributed by atoms with E-state index in [4.69, 9.17) is 5.14 Å². The minimum atomic E-state index is -3.72. The van der Waals surface area contributed by atoms with Gasteiger partial charge in [0.2, 0.25) is 15.9 Å². The van der Waals surface area contributed by atoms with Gasteiger partial charge in [0.25, 0.3) is 0 Å². The summed E-state index contributed by atoms with van der Waals surface area (Å²) in [7, 11) is -3.72. The van der Waals surface area contributed by atoms with Gasteiger partial charge in [-0.2, -0.15) is 0 Å². The van der Waals surface area contributed by atoms with Crippen molar-refractivity contribution >= 4 is 21.6 Å². The van der Waals surface area contributed by atoms with Crippen molar-refractivity contribution in [1.29, 1.82) is 0 Å². The molecule has 0 saturated carbocycles. The molecule has 1 aromatic carbocycles. The predicted octanol–water partition coefficient (Wildman–Crippen LogP) is 1.94. The van der Waals surface area contributed by atoms with Crippen LogP contribution in [0.15, 0.2) is 17.0 Å². The molecule has 0 saturated heterocycles. The Kier molecular flexibility index (Phi) is 4.70. The van der Waals surface area contributed by atoms with Gasteiger partial charge < -0.3 is 5.32 Å². The molecule has 6 heteroatoms. The molecule has 1 rings (SSSR count). The maximum atomic E-state index is 11.8. The standard InChI is InChI=1S/C13H20N2O3S/c1-8(2)5-12(16)15-13-9(3)6-11(7-10(13)4)19(14,17)18/h6-8H,5H2,1-4H3,(H,15,16)(H2,14,17,18). The van der Waals surface area contributed by atoms with E-state index in [-0.39, 0.29) is 16.7 Å². The fraction of sp³-hybridized carbons (Fsp3) is 0.462. The Balaban J connectivity index is 3.08. The molecule has 0 spiro atoms. The highest BCUT2D eigenvalue weighted by Gasteiger charge is 2.14. The van der Waals surface area contributed by atoms with Gasteiger partial charge in [-0.1, -0.05) is 13.8 Å². The van der Waals surface area contributed by atoms with E-state index in [1.54, 1.807) is 13.8 Å². The lowest BCUT2D eigenvalue weighted by Gasteiger charge is -2.14. The van der Waals surface area contributed by atoms with E-state index in [2.05, 4.69) is 5.32 Å². The van der Waals surface area contributed by atoms with Crippen molar-refractivity contribution in [2.24, 2.45) is 11.1 Å². The largest absolute Gasteiger partial charge is 0.326 e. The Bertz CT molecular complexity index is 569. The number of nitrogens with two attached hydrogens (primary N) is 1. The molecule has 0 bridgehead atoms. The van der Waals surface area contributed by atoms with Crippen LogP contribution < -0.4 is 10.5 Å². The number of benzene rings is 1. The lowest BCUT2D eigenvalue weighted by atomic mass is 10.1. The Hall–Kier alpha value is -1.40. The molecule has 1 amide bonds. The van der Waals surface area contributed by atoms with Gasteiger partial charge in [-0.3, -0.25) is 4.79 Å². The van der Waals surface area contributed by atoms with Gasteiger partial charge in [-0.15, -0.1) is 0 Å². The number of carbonyl (C=O) groups is 1. The summed E-state index contributed by atoms with van der Waals surface area (Å²) >= 11 is 0. The highest BCUT2D eigenvalue weighted by molar-refractivity contribution is 7.89. The first kappa shape index (κ1) is 15.7. The van der Waals surface area contributed by atoms with Crippen LogP contribution in [0.5, 0.6) is 0 Å². The molecule has 0 atom stereocenters. The molecule has 1 aromatic rings. The van der Waals surface area contributed by atoms with E-state index in [0.717, 1.165) is 0 Å². The number of amides is 1. The second-order valence-corrected chi connectivity index (χ2v) is 6.68. The van der Waals surface area contributed by atoms with E-state index >= 15 is 0 Å². The second-order valence-electron chi connectivity index (χ2n) is 5.12. The number of aryl methyl sites for hydroxylation is 2. The first-order valence-corrected chi connectivity index (χ1v) is 7.59. The van der Waals surface area contributed by atoms with Gasteiger partial charge in [0.1, 0.15) is 0 Å². The molecule has 3 N–H and O–H groups in total. The van der Waals surface area contributed by atoms with E-state index in [9.17, 15) is 13.2 Å². The summed E-state index contributed by atoms with van der Waals surface area (Å²) in [4.78, 5) is 11.8. The minimum Gasteiger partial charge on any atom is -0.326 e. The number of rotatable bonds is 4. The van der Waals surface area contributed by atoms with Gasteiger partial charge >= 0.3 is 0 Å². The molecular formula is C13H20N2O3S. The topological polar surface area (TPSA) is 89.3 Å². The van der Waals surface area contributed by atoms with E-state index in [1.165, 1.54) is 12.1 Å². The summed E-state index contributed by atoms with van der Waals surface area (Å²) in [5.74, 6) is 0.189. The number of nitrogens with one attached hydrogen (secondary N) is 1. The lowest BCUT2D eigenvalue weighted by Crippen LogP contribution is -2.17. The molecule has 19 heavy (non-hydrogen) atoms. The van der Waals surface area contributed by atoms with Gasteiger partial charge in [0, 0.05) is 12.1 Å².